The van der Waals surface area contributed by atoms with Gasteiger partial charge in [-0.3, -0.25) is 0 Å². The smallest absolute Gasteiger partial charge is 0.319 e. The fraction of sp³-hybridized carbons (Fsp3) is 0.167. The Morgan fingerprint density at radius 3 is 2.83 bits per heavy atom. The summed E-state index contributed by atoms with van der Waals surface area (Å²) in [5.41, 5.74) is 0.819. The fourth-order valence-corrected chi connectivity index (χ4v) is 3.50. The molecule has 6 heteroatoms. The predicted molar refractivity (Wildman–Crippen MR) is 95.2 cm³/mol. The highest BCUT2D eigenvalue weighted by Crippen LogP contribution is 2.31. The fourth-order valence-electron chi connectivity index (χ4n) is 2.61. The molecule has 1 atom stereocenters. The van der Waals surface area contributed by atoms with E-state index < -0.39 is 0 Å². The first-order valence-electron chi connectivity index (χ1n) is 7.69. The minimum Gasteiger partial charge on any atom is -0.486 e. The number of para-hydroxylation sites is 2. The molecule has 2 N–H and O–H groups in total. The minimum absolute atomic E-state index is 0.204. The number of anilines is 1. The van der Waals surface area contributed by atoms with E-state index in [1.54, 1.807) is 11.3 Å². The van der Waals surface area contributed by atoms with Crippen molar-refractivity contribution in [1.29, 1.82) is 0 Å². The lowest BCUT2D eigenvalue weighted by atomic mass is 10.2. The third kappa shape index (κ3) is 3.00. The Hall–Kier alpha value is -2.73. The summed E-state index contributed by atoms with van der Waals surface area (Å²) >= 11 is 1.61. The maximum absolute atomic E-state index is 12.1. The molecule has 2 aromatic carbocycles. The Morgan fingerprint density at radius 2 is 1.92 bits per heavy atom. The van der Waals surface area contributed by atoms with E-state index in [4.69, 9.17) is 9.47 Å². The van der Waals surface area contributed by atoms with Crippen LogP contribution in [0.25, 0.3) is 10.1 Å². The molecule has 2 heterocycles. The Balaban J connectivity index is 1.34. The maximum atomic E-state index is 12.1. The third-order valence-electron chi connectivity index (χ3n) is 3.79. The van der Waals surface area contributed by atoms with Crippen LogP contribution in [0.1, 0.15) is 0 Å². The number of carbonyl (C=O) groups excluding carboxylic acids is 1. The van der Waals surface area contributed by atoms with Crippen LogP contribution in [0.15, 0.2) is 53.9 Å². The standard InChI is InChI=1S/C18H16N2O3S/c21-18(20-14-11-24-17-8-4-1-5-13(14)17)19-9-12-10-22-15-6-2-3-7-16(15)23-12/h1-8,11-12H,9-10H2,(H2,19,20,21)/t12-/m0/s1. The number of fused-ring (bicyclic) bond motifs is 2. The van der Waals surface area contributed by atoms with Gasteiger partial charge in [0.15, 0.2) is 17.6 Å². The Labute approximate surface area is 143 Å². The van der Waals surface area contributed by atoms with Crippen LogP contribution in [0.2, 0.25) is 0 Å². The Bertz CT molecular complexity index is 877. The number of amides is 2. The van der Waals surface area contributed by atoms with Gasteiger partial charge in [-0.15, -0.1) is 11.3 Å². The van der Waals surface area contributed by atoms with Crippen LogP contribution in [0.5, 0.6) is 11.5 Å². The van der Waals surface area contributed by atoms with Crippen molar-refractivity contribution in [2.45, 2.75) is 6.10 Å². The topological polar surface area (TPSA) is 59.6 Å². The molecule has 122 valence electrons. The zero-order chi connectivity index (χ0) is 16.4. The number of benzene rings is 2. The molecular formula is C18H16N2O3S. The molecule has 5 nitrogen and oxygen atoms in total. The second kappa shape index (κ2) is 6.41. The molecule has 2 amide bonds. The van der Waals surface area contributed by atoms with Gasteiger partial charge < -0.3 is 20.1 Å². The van der Waals surface area contributed by atoms with E-state index in [0.717, 1.165) is 21.5 Å². The number of hydrogen-bond acceptors (Lipinski definition) is 4. The third-order valence-corrected chi connectivity index (χ3v) is 4.75. The average molecular weight is 340 g/mol. The first-order valence-corrected chi connectivity index (χ1v) is 8.57. The van der Waals surface area contributed by atoms with Crippen LogP contribution in [0, 0.1) is 0 Å². The van der Waals surface area contributed by atoms with E-state index in [2.05, 4.69) is 10.6 Å². The molecule has 24 heavy (non-hydrogen) atoms. The van der Waals surface area contributed by atoms with Gasteiger partial charge in [0, 0.05) is 15.5 Å². The Kier molecular flexibility index (Phi) is 3.96. The van der Waals surface area contributed by atoms with Gasteiger partial charge in [0.05, 0.1) is 12.2 Å². The highest BCUT2D eigenvalue weighted by atomic mass is 32.1. The molecule has 0 aliphatic carbocycles. The quantitative estimate of drug-likeness (QED) is 0.761. The molecule has 1 aliphatic rings. The number of carbonyl (C=O) groups is 1. The highest BCUT2D eigenvalue weighted by molar-refractivity contribution is 7.17. The SMILES string of the molecule is O=C(NC[C@H]1COc2ccccc2O1)Nc1csc2ccccc12. The largest absolute Gasteiger partial charge is 0.486 e. The van der Waals surface area contributed by atoms with Gasteiger partial charge in [0.2, 0.25) is 0 Å². The van der Waals surface area contributed by atoms with Crippen molar-refractivity contribution in [3.05, 3.63) is 53.9 Å². The molecule has 0 radical (unpaired) electrons. The van der Waals surface area contributed by atoms with Gasteiger partial charge in [-0.05, 0) is 18.2 Å². The molecule has 1 aliphatic heterocycles. The second-order valence-corrected chi connectivity index (χ2v) is 6.39. The summed E-state index contributed by atoms with van der Waals surface area (Å²) in [5.74, 6) is 1.45. The summed E-state index contributed by atoms with van der Waals surface area (Å²) in [4.78, 5) is 12.1. The van der Waals surface area contributed by atoms with Crippen molar-refractivity contribution in [3.8, 4) is 11.5 Å². The monoisotopic (exact) mass is 340 g/mol. The lowest BCUT2D eigenvalue weighted by Gasteiger charge is -2.26. The minimum atomic E-state index is -0.249. The van der Waals surface area contributed by atoms with Gasteiger partial charge >= 0.3 is 6.03 Å². The molecular weight excluding hydrogens is 324 g/mol. The lowest BCUT2D eigenvalue weighted by molar-refractivity contribution is 0.0922. The molecule has 0 bridgehead atoms. The van der Waals surface area contributed by atoms with Gasteiger partial charge in [-0.1, -0.05) is 30.3 Å². The number of ether oxygens (including phenoxy) is 2. The summed E-state index contributed by atoms with van der Waals surface area (Å²) in [6.07, 6.45) is -0.204. The van der Waals surface area contributed by atoms with E-state index >= 15 is 0 Å². The predicted octanol–water partition coefficient (Wildman–Crippen LogP) is 3.86. The van der Waals surface area contributed by atoms with E-state index in [0.29, 0.717) is 18.9 Å². The van der Waals surface area contributed by atoms with Crippen LogP contribution < -0.4 is 20.1 Å². The van der Waals surface area contributed by atoms with Crippen LogP contribution >= 0.6 is 11.3 Å². The van der Waals surface area contributed by atoms with Gasteiger partial charge in [-0.25, -0.2) is 4.79 Å². The highest BCUT2D eigenvalue weighted by Gasteiger charge is 2.21. The zero-order valence-electron chi connectivity index (χ0n) is 12.8. The van der Waals surface area contributed by atoms with Crippen LogP contribution in [0.3, 0.4) is 0 Å². The zero-order valence-corrected chi connectivity index (χ0v) is 13.6. The molecule has 0 fully saturated rings. The Morgan fingerprint density at radius 1 is 1.12 bits per heavy atom. The normalized spacial score (nSPS) is 15.9. The van der Waals surface area contributed by atoms with Crippen molar-refractivity contribution in [1.82, 2.24) is 5.32 Å². The van der Waals surface area contributed by atoms with Crippen molar-refractivity contribution >= 4 is 33.1 Å². The number of thiophene rings is 1. The lowest BCUT2D eigenvalue weighted by Crippen LogP contribution is -2.42. The summed E-state index contributed by atoms with van der Waals surface area (Å²) in [7, 11) is 0. The van der Waals surface area contributed by atoms with Gasteiger partial charge in [0.25, 0.3) is 0 Å². The van der Waals surface area contributed by atoms with Crippen molar-refractivity contribution in [2.24, 2.45) is 0 Å². The van der Waals surface area contributed by atoms with Crippen LogP contribution in [-0.2, 0) is 0 Å². The molecule has 0 spiro atoms. The van der Waals surface area contributed by atoms with E-state index in [1.807, 2.05) is 53.9 Å². The molecule has 4 rings (SSSR count). The number of hydrogen-bond donors (Lipinski definition) is 2. The van der Waals surface area contributed by atoms with E-state index in [1.165, 1.54) is 0 Å². The van der Waals surface area contributed by atoms with Crippen molar-refractivity contribution in [3.63, 3.8) is 0 Å². The van der Waals surface area contributed by atoms with E-state index in [9.17, 15) is 4.79 Å². The second-order valence-electron chi connectivity index (χ2n) is 5.48. The number of urea groups is 1. The van der Waals surface area contributed by atoms with Gasteiger partial charge in [0.1, 0.15) is 6.61 Å². The maximum Gasteiger partial charge on any atom is 0.319 e. The number of rotatable bonds is 3. The molecule has 1 aromatic heterocycles. The van der Waals surface area contributed by atoms with E-state index in [-0.39, 0.29) is 12.1 Å². The molecule has 0 unspecified atom stereocenters. The molecule has 0 saturated carbocycles. The average Bonchev–Trinajstić information content (AvgIpc) is 3.03. The summed E-state index contributed by atoms with van der Waals surface area (Å²) < 4.78 is 12.6. The first kappa shape index (κ1) is 14.8. The summed E-state index contributed by atoms with van der Waals surface area (Å²) in [6.45, 7) is 0.793. The van der Waals surface area contributed by atoms with Crippen LogP contribution in [0.4, 0.5) is 10.5 Å². The number of nitrogens with one attached hydrogen (secondary N) is 2. The van der Waals surface area contributed by atoms with Crippen molar-refractivity contribution in [2.75, 3.05) is 18.5 Å². The van der Waals surface area contributed by atoms with Crippen molar-refractivity contribution < 1.29 is 14.3 Å². The summed E-state index contributed by atoms with van der Waals surface area (Å²) in [5, 5.41) is 8.71. The molecule has 0 saturated heterocycles. The van der Waals surface area contributed by atoms with Crippen LogP contribution in [-0.4, -0.2) is 25.3 Å². The van der Waals surface area contributed by atoms with Gasteiger partial charge in [-0.2, -0.15) is 0 Å². The summed E-state index contributed by atoms with van der Waals surface area (Å²) in [6, 6.07) is 15.3. The first-order chi connectivity index (χ1) is 11.8. The molecule has 3 aromatic rings.